The summed E-state index contributed by atoms with van der Waals surface area (Å²) in [6.07, 6.45) is 0.938. The fraction of sp³-hybridized carbons (Fsp3) is 1.00. The molecule has 0 aliphatic heterocycles. The van der Waals surface area contributed by atoms with Gasteiger partial charge < -0.3 is 13.3 Å². The molecule has 0 aliphatic carbocycles. The predicted octanol–water partition coefficient (Wildman–Crippen LogP) is 4.62. The van der Waals surface area contributed by atoms with Crippen LogP contribution in [0.25, 0.3) is 0 Å². The van der Waals surface area contributed by atoms with Crippen LogP contribution in [0.2, 0.25) is 0 Å². The molecule has 0 saturated heterocycles. The van der Waals surface area contributed by atoms with Gasteiger partial charge in [-0.1, -0.05) is 17.7 Å². The molecule has 0 unspecified atom stereocenters. The van der Waals surface area contributed by atoms with Gasteiger partial charge in [0.05, 0.1) is 0 Å². The Morgan fingerprint density at radius 1 is 1.00 bits per heavy atom. The molecule has 0 N–H and O–H groups in total. The van der Waals surface area contributed by atoms with Crippen LogP contribution in [0.3, 0.4) is 0 Å². The van der Waals surface area contributed by atoms with Gasteiger partial charge in [0.1, 0.15) is 0 Å². The molecule has 0 heterocycles. The Morgan fingerprint density at radius 3 is 2.06 bits per heavy atom. The van der Waals surface area contributed by atoms with Gasteiger partial charge in [-0.15, -0.1) is 0 Å². The molecule has 0 amide bonds. The van der Waals surface area contributed by atoms with Crippen molar-refractivity contribution >= 4 is 48.6 Å². The van der Waals surface area contributed by atoms with Crippen molar-refractivity contribution in [3.8, 4) is 0 Å². The van der Waals surface area contributed by atoms with Crippen LogP contribution in [0.15, 0.2) is 0 Å². The van der Waals surface area contributed by atoms with Crippen LogP contribution in [0.1, 0.15) is 35.5 Å². The summed E-state index contributed by atoms with van der Waals surface area (Å²) < 4.78 is 24.2. The van der Waals surface area contributed by atoms with Crippen LogP contribution in [0, 0.1) is 0 Å². The van der Waals surface area contributed by atoms with Gasteiger partial charge in [0.25, 0.3) is 0 Å². The molecular formula is C9H22O3S4Si. The van der Waals surface area contributed by atoms with Gasteiger partial charge in [-0.2, -0.15) is 0 Å². The molecule has 0 spiro atoms. The van der Waals surface area contributed by atoms with E-state index >= 15 is 0 Å². The molecule has 0 saturated carbocycles. The molecule has 8 heteroatoms. The second-order valence-corrected chi connectivity index (χ2v) is 13.1. The van der Waals surface area contributed by atoms with Gasteiger partial charge in [-0.25, -0.2) is 0 Å². The van der Waals surface area contributed by atoms with Gasteiger partial charge in [-0.05, 0) is 57.1 Å². The number of rotatable bonds is 12. The van der Waals surface area contributed by atoms with Crippen LogP contribution in [-0.2, 0) is 13.3 Å². The van der Waals surface area contributed by atoms with E-state index in [0.29, 0.717) is 26.7 Å². The highest BCUT2D eigenvalue weighted by molar-refractivity contribution is 9.28. The van der Waals surface area contributed by atoms with E-state index in [9.17, 15) is 0 Å². The average molecular weight is 336 g/mol. The first-order valence-electron chi connectivity index (χ1n) is 6.30. The topological polar surface area (TPSA) is 27.7 Å². The number of hydrogen-bond acceptors (Lipinski definition) is 7. The van der Waals surface area contributed by atoms with E-state index in [2.05, 4.69) is 0 Å². The lowest BCUT2D eigenvalue weighted by Gasteiger charge is -2.25. The molecule has 0 aromatic rings. The minimum Gasteiger partial charge on any atom is -0.365 e. The smallest absolute Gasteiger partial charge is 0.365 e. The summed E-state index contributed by atoms with van der Waals surface area (Å²) in [6, 6.07) is 0. The Balaban J connectivity index is 3.97. The third-order valence-electron chi connectivity index (χ3n) is 1.40. The van der Waals surface area contributed by atoms with Gasteiger partial charge >= 0.3 is 7.95 Å². The fourth-order valence-electron chi connectivity index (χ4n) is 0.896. The monoisotopic (exact) mass is 335 g/mol. The molecule has 0 rings (SSSR count). The molecule has 0 bridgehead atoms. The minimum atomic E-state index is -2.56. The van der Waals surface area contributed by atoms with Crippen LogP contribution < -0.4 is 0 Å². The maximum absolute atomic E-state index is 7.06. The Bertz CT molecular complexity index is 176. The first-order chi connectivity index (χ1) is 8.74. The zero-order valence-electron chi connectivity index (χ0n) is 11.6. The first-order valence-corrected chi connectivity index (χ1v) is 13.0. The van der Waals surface area contributed by atoms with E-state index < -0.39 is 7.95 Å². The average Bonchev–Trinajstić information content (AvgIpc) is 2.35. The number of hydrogen-bond donors (Lipinski definition) is 0. The van der Waals surface area contributed by atoms with E-state index in [-0.39, 0.29) is 0 Å². The summed E-state index contributed by atoms with van der Waals surface area (Å²) in [7, 11) is 4.15. The van der Waals surface area contributed by atoms with Crippen LogP contribution in [0.5, 0.6) is 0 Å². The van der Waals surface area contributed by atoms with E-state index in [1.54, 1.807) is 40.7 Å². The maximum Gasteiger partial charge on any atom is 0.585 e. The Hall–Kier alpha value is 1.50. The standard InChI is InChI=1S/C9H22O3S4Si/c1-5-9-13-14-15-16-17(10-6-2,11-7-3)12-8-4/h5-9H2,1-4H3/i1D. The van der Waals surface area contributed by atoms with Gasteiger partial charge in [0.15, 0.2) is 0 Å². The van der Waals surface area contributed by atoms with E-state index in [1.165, 1.54) is 0 Å². The second-order valence-electron chi connectivity index (χ2n) is 2.69. The van der Waals surface area contributed by atoms with Gasteiger partial charge in [0, 0.05) is 26.9 Å². The van der Waals surface area contributed by atoms with E-state index in [0.717, 1.165) is 12.2 Å². The van der Waals surface area contributed by atoms with Crippen molar-refractivity contribution in [3.63, 3.8) is 0 Å². The van der Waals surface area contributed by atoms with Crippen molar-refractivity contribution in [1.29, 1.82) is 0 Å². The van der Waals surface area contributed by atoms with E-state index in [4.69, 9.17) is 14.6 Å². The van der Waals surface area contributed by atoms with Crippen molar-refractivity contribution in [2.45, 2.75) is 34.1 Å². The molecule has 3 nitrogen and oxygen atoms in total. The Kier molecular flexibility index (Phi) is 12.2. The summed E-state index contributed by atoms with van der Waals surface area (Å²) in [5.74, 6) is 1.01. The first kappa shape index (κ1) is 16.6. The van der Waals surface area contributed by atoms with Crippen molar-refractivity contribution in [1.82, 2.24) is 0 Å². The van der Waals surface area contributed by atoms with Crippen LogP contribution >= 0.6 is 40.7 Å². The highest BCUT2D eigenvalue weighted by atomic mass is 33.7. The summed E-state index contributed by atoms with van der Waals surface area (Å²) in [5, 5.41) is 0. The molecule has 17 heavy (non-hydrogen) atoms. The van der Waals surface area contributed by atoms with Gasteiger partial charge in [-0.3, -0.25) is 0 Å². The summed E-state index contributed by atoms with van der Waals surface area (Å²) >= 11 is 0. The molecule has 0 aromatic heterocycles. The summed E-state index contributed by atoms with van der Waals surface area (Å²) in [4.78, 5) is 0. The molecule has 0 aliphatic rings. The van der Waals surface area contributed by atoms with Crippen molar-refractivity contribution < 1.29 is 14.6 Å². The highest BCUT2D eigenvalue weighted by Crippen LogP contribution is 2.48. The molecule has 0 aromatic carbocycles. The third-order valence-corrected chi connectivity index (χ3v) is 14.2. The highest BCUT2D eigenvalue weighted by Gasteiger charge is 2.43. The normalized spacial score (nSPS) is 12.8. The molecule has 0 fully saturated rings. The SMILES string of the molecule is [2H]CCCSSSS[Si](OCC)(OCC)OCC. The second kappa shape index (κ2) is 12.5. The quantitative estimate of drug-likeness (QED) is 0.292. The summed E-state index contributed by atoms with van der Waals surface area (Å²) in [5.41, 5.74) is 0. The lowest BCUT2D eigenvalue weighted by molar-refractivity contribution is 0.0971. The molecular weight excluding hydrogens is 312 g/mol. The Morgan fingerprint density at radius 2 is 1.59 bits per heavy atom. The van der Waals surface area contributed by atoms with Gasteiger partial charge in [0.2, 0.25) is 0 Å². The summed E-state index contributed by atoms with van der Waals surface area (Å²) in [6.45, 7) is 8.20. The third kappa shape index (κ3) is 9.09. The van der Waals surface area contributed by atoms with Crippen molar-refractivity contribution in [2.24, 2.45) is 0 Å². The van der Waals surface area contributed by atoms with Crippen LogP contribution in [-0.4, -0.2) is 33.5 Å². The predicted molar refractivity (Wildman–Crippen MR) is 86.2 cm³/mol. The molecule has 0 atom stereocenters. The molecule has 0 radical (unpaired) electrons. The maximum atomic E-state index is 7.06. The zero-order chi connectivity index (χ0) is 13.7. The minimum absolute atomic E-state index is 0.501. The van der Waals surface area contributed by atoms with Crippen molar-refractivity contribution in [2.75, 3.05) is 25.6 Å². The largest absolute Gasteiger partial charge is 0.585 e. The lowest BCUT2D eigenvalue weighted by atomic mass is 10.6. The lowest BCUT2D eigenvalue weighted by Crippen LogP contribution is -2.42. The zero-order valence-corrected chi connectivity index (χ0v) is 14.9. The van der Waals surface area contributed by atoms with Crippen molar-refractivity contribution in [3.05, 3.63) is 0 Å². The Labute approximate surface area is 122 Å². The fourth-order valence-corrected chi connectivity index (χ4v) is 14.8. The molecule has 104 valence electrons. The van der Waals surface area contributed by atoms with E-state index in [1.807, 2.05) is 20.8 Å². The van der Waals surface area contributed by atoms with Crippen LogP contribution in [0.4, 0.5) is 0 Å².